The molecule has 1 aromatic rings. The van der Waals surface area contributed by atoms with Gasteiger partial charge in [0.05, 0.1) is 0 Å². The van der Waals surface area contributed by atoms with Crippen LogP contribution in [0.2, 0.25) is 0 Å². The minimum Gasteiger partial charge on any atom is -0.487 e. The smallest absolute Gasteiger partial charge is 0.200 e. The van der Waals surface area contributed by atoms with E-state index in [0.29, 0.717) is 24.0 Å². The first-order valence-electron chi connectivity index (χ1n) is 11.5. The summed E-state index contributed by atoms with van der Waals surface area (Å²) in [6, 6.07) is 3.22. The zero-order valence-electron chi connectivity index (χ0n) is 21.3. The van der Waals surface area contributed by atoms with Gasteiger partial charge in [-0.3, -0.25) is 0 Å². The molecular weight excluding hydrogens is 495 g/mol. The Morgan fingerprint density at radius 2 is 1.39 bits per heavy atom. The highest BCUT2D eigenvalue weighted by atomic mass is 19.2. The van der Waals surface area contributed by atoms with Gasteiger partial charge in [-0.25, -0.2) is 17.6 Å². The molecule has 0 heterocycles. The van der Waals surface area contributed by atoms with Crippen LogP contribution in [-0.4, -0.2) is 6.61 Å². The van der Waals surface area contributed by atoms with Crippen LogP contribution in [-0.2, 0) is 11.2 Å². The normalized spacial score (nSPS) is 14.0. The first-order chi connectivity index (χ1) is 17.8. The molecule has 0 aromatic heterocycles. The van der Waals surface area contributed by atoms with E-state index in [-0.39, 0.29) is 23.3 Å². The van der Waals surface area contributed by atoms with Gasteiger partial charge in [0, 0.05) is 22.3 Å². The molecule has 0 N–H and O–H groups in total. The first-order valence-corrected chi connectivity index (χ1v) is 11.5. The summed E-state index contributed by atoms with van der Waals surface area (Å²) in [5, 5.41) is 0. The molecule has 0 atom stereocenters. The number of fused-ring (bicyclic) bond motifs is 1. The van der Waals surface area contributed by atoms with Gasteiger partial charge in [-0.1, -0.05) is 70.3 Å². The van der Waals surface area contributed by atoms with Gasteiger partial charge in [0.2, 0.25) is 5.83 Å². The van der Waals surface area contributed by atoms with Gasteiger partial charge in [0.25, 0.3) is 0 Å². The summed E-state index contributed by atoms with van der Waals surface area (Å²) in [4.78, 5) is 0. The van der Waals surface area contributed by atoms with Crippen LogP contribution >= 0.6 is 0 Å². The Morgan fingerprint density at radius 3 is 1.95 bits per heavy atom. The van der Waals surface area contributed by atoms with Crippen LogP contribution in [0.4, 0.5) is 22.0 Å². The molecule has 0 fully saturated rings. The molecule has 0 amide bonds. The van der Waals surface area contributed by atoms with E-state index < -0.39 is 46.0 Å². The fraction of sp³-hybridized carbons (Fsp3) is 0.125. The predicted octanol–water partition coefficient (Wildman–Crippen LogP) is 9.82. The van der Waals surface area contributed by atoms with Crippen molar-refractivity contribution in [3.8, 4) is 0 Å². The van der Waals surface area contributed by atoms with Crippen molar-refractivity contribution in [2.45, 2.75) is 19.8 Å². The quantitative estimate of drug-likeness (QED) is 0.114. The number of halogens is 5. The fourth-order valence-electron chi connectivity index (χ4n) is 3.52. The van der Waals surface area contributed by atoms with E-state index in [1.54, 1.807) is 6.92 Å². The number of allylic oxidation sites excluding steroid dienone is 12. The van der Waals surface area contributed by atoms with Crippen LogP contribution in [0.15, 0.2) is 139 Å². The monoisotopic (exact) mass is 524 g/mol. The highest BCUT2D eigenvalue weighted by molar-refractivity contribution is 5.68. The molecule has 1 aliphatic carbocycles. The third-order valence-electron chi connectivity index (χ3n) is 5.79. The number of hydrogen-bond donors (Lipinski definition) is 0. The van der Waals surface area contributed by atoms with Crippen LogP contribution in [0.5, 0.6) is 0 Å². The maximum Gasteiger partial charge on any atom is 0.200 e. The maximum absolute atomic E-state index is 15.0. The average molecular weight is 525 g/mol. The molecule has 0 spiro atoms. The summed E-state index contributed by atoms with van der Waals surface area (Å²) in [6.45, 7) is 26.2. The minimum absolute atomic E-state index is 0.0625. The van der Waals surface area contributed by atoms with Crippen molar-refractivity contribution in [2.24, 2.45) is 0 Å². The van der Waals surface area contributed by atoms with E-state index in [2.05, 4.69) is 46.1 Å². The van der Waals surface area contributed by atoms with Gasteiger partial charge in [0.15, 0.2) is 23.2 Å². The van der Waals surface area contributed by atoms with Crippen LogP contribution < -0.4 is 0 Å². The Morgan fingerprint density at radius 1 is 0.842 bits per heavy atom. The van der Waals surface area contributed by atoms with Crippen molar-refractivity contribution in [1.82, 2.24) is 0 Å². The zero-order chi connectivity index (χ0) is 28.7. The second-order valence-electron chi connectivity index (χ2n) is 8.59. The molecule has 198 valence electrons. The van der Waals surface area contributed by atoms with Crippen molar-refractivity contribution in [3.05, 3.63) is 161 Å². The lowest BCUT2D eigenvalue weighted by Crippen LogP contribution is -2.05. The molecule has 1 aliphatic rings. The summed E-state index contributed by atoms with van der Waals surface area (Å²) in [5.74, 6) is -6.27. The average Bonchev–Trinajstić information content (AvgIpc) is 2.90. The largest absolute Gasteiger partial charge is 0.487 e. The molecular formula is C32H29F5O. The summed E-state index contributed by atoms with van der Waals surface area (Å²) in [6.07, 6.45) is 6.01. The van der Waals surface area contributed by atoms with Gasteiger partial charge in [-0.15, -0.1) is 0 Å². The van der Waals surface area contributed by atoms with Gasteiger partial charge in [-0.05, 0) is 59.8 Å². The topological polar surface area (TPSA) is 9.23 Å². The molecule has 0 radical (unpaired) electrons. The lowest BCUT2D eigenvalue weighted by molar-refractivity contribution is 0.241. The number of benzene rings is 1. The van der Waals surface area contributed by atoms with Gasteiger partial charge < -0.3 is 4.74 Å². The second-order valence-corrected chi connectivity index (χ2v) is 8.59. The Hall–Kier alpha value is -4.19. The Balaban J connectivity index is 2.17. The van der Waals surface area contributed by atoms with E-state index in [1.807, 2.05) is 6.07 Å². The van der Waals surface area contributed by atoms with Gasteiger partial charge >= 0.3 is 0 Å². The van der Waals surface area contributed by atoms with E-state index in [1.165, 1.54) is 30.4 Å². The van der Waals surface area contributed by atoms with Crippen LogP contribution in [0.1, 0.15) is 23.1 Å². The molecule has 38 heavy (non-hydrogen) atoms. The standard InChI is InChI=1S/C32H29F5O/c1-9-14-38-24(8)32(37)30(35)22(6)20(4)11-10-19(3)21(5)29(34)31(36)23(7)25-12-13-26-15-18(2)16-28(33)27(26)17-25/h9-11,15-17H,1,3-8,12-14H2,2H3/b11-10-,31-29-,32-30-. The third-order valence-corrected chi connectivity index (χ3v) is 5.79. The molecule has 6 heteroatoms. The summed E-state index contributed by atoms with van der Waals surface area (Å²) < 4.78 is 77.7. The lowest BCUT2D eigenvalue weighted by atomic mass is 9.87. The van der Waals surface area contributed by atoms with Crippen molar-refractivity contribution in [3.63, 3.8) is 0 Å². The molecule has 0 saturated carbocycles. The predicted molar refractivity (Wildman–Crippen MR) is 146 cm³/mol. The molecule has 0 saturated heterocycles. The highest BCUT2D eigenvalue weighted by Crippen LogP contribution is 2.36. The zero-order valence-corrected chi connectivity index (χ0v) is 21.3. The number of hydrogen-bond acceptors (Lipinski definition) is 1. The van der Waals surface area contributed by atoms with E-state index in [9.17, 15) is 17.6 Å². The molecule has 0 aliphatic heterocycles. The maximum atomic E-state index is 15.0. The second kappa shape index (κ2) is 12.9. The number of aryl methyl sites for hydroxylation is 2. The van der Waals surface area contributed by atoms with Gasteiger partial charge in [0.1, 0.15) is 12.4 Å². The molecule has 0 bridgehead atoms. The Bertz CT molecular complexity index is 1380. The third kappa shape index (κ3) is 6.97. The van der Waals surface area contributed by atoms with Crippen LogP contribution in [0, 0.1) is 12.7 Å². The summed E-state index contributed by atoms with van der Waals surface area (Å²) in [7, 11) is 0. The molecule has 1 nitrogen and oxygen atoms in total. The Labute approximate surface area is 220 Å². The fourth-order valence-corrected chi connectivity index (χ4v) is 3.52. The van der Waals surface area contributed by atoms with Crippen molar-refractivity contribution in [1.29, 1.82) is 0 Å². The van der Waals surface area contributed by atoms with E-state index in [4.69, 9.17) is 4.74 Å². The van der Waals surface area contributed by atoms with Crippen molar-refractivity contribution in [2.75, 3.05) is 6.61 Å². The summed E-state index contributed by atoms with van der Waals surface area (Å²) in [5.41, 5.74) is 1.06. The summed E-state index contributed by atoms with van der Waals surface area (Å²) >= 11 is 0. The first kappa shape index (κ1) is 30.0. The lowest BCUT2D eigenvalue weighted by Gasteiger charge is -2.19. The number of rotatable bonds is 12. The Kier molecular flexibility index (Phi) is 10.2. The van der Waals surface area contributed by atoms with Crippen LogP contribution in [0.3, 0.4) is 0 Å². The van der Waals surface area contributed by atoms with Crippen LogP contribution in [0.25, 0.3) is 6.08 Å². The molecule has 0 unspecified atom stereocenters. The minimum atomic E-state index is -1.36. The molecule has 2 rings (SSSR count). The highest BCUT2D eigenvalue weighted by Gasteiger charge is 2.22. The molecule has 1 aromatic carbocycles. The van der Waals surface area contributed by atoms with E-state index in [0.717, 1.165) is 11.1 Å². The number of ether oxygens (including phenoxy) is 1. The van der Waals surface area contributed by atoms with Crippen molar-refractivity contribution < 1.29 is 26.7 Å². The SMILES string of the molecule is C=CCOC(=C)/C(F)=C(/F)C(=C)C(=C)/C=C\C(=C)C(=C)/C(F)=C(/F)C(=C)C1=Cc2c(F)cc(C)cc2CC1. The van der Waals surface area contributed by atoms with E-state index >= 15 is 4.39 Å². The van der Waals surface area contributed by atoms with Gasteiger partial charge in [-0.2, -0.15) is 4.39 Å². The van der Waals surface area contributed by atoms with Crippen molar-refractivity contribution >= 4 is 6.08 Å².